The topological polar surface area (TPSA) is 130 Å². The molecule has 4 aromatic heterocycles. The Morgan fingerprint density at radius 2 is 1.71 bits per heavy atom. The maximum atomic E-state index is 11.4. The molecule has 0 spiro atoms. The third-order valence-electron chi connectivity index (χ3n) is 4.47. The van der Waals surface area contributed by atoms with Gasteiger partial charge in [-0.2, -0.15) is 0 Å². The fourth-order valence-corrected chi connectivity index (χ4v) is 3.59. The van der Waals surface area contributed by atoms with Crippen LogP contribution in [0.5, 0.6) is 0 Å². The quantitative estimate of drug-likeness (QED) is 0.539. The van der Waals surface area contributed by atoms with E-state index in [4.69, 9.17) is 16.7 Å². The molecule has 0 aliphatic heterocycles. The number of aromatic nitrogens is 6. The van der Waals surface area contributed by atoms with E-state index in [0.29, 0.717) is 22.2 Å². The van der Waals surface area contributed by atoms with Gasteiger partial charge in [-0.25, -0.2) is 38.5 Å². The summed E-state index contributed by atoms with van der Waals surface area (Å²) in [6, 6.07) is 1.83. The summed E-state index contributed by atoms with van der Waals surface area (Å²) in [7, 11) is -3.84. The van der Waals surface area contributed by atoms with Gasteiger partial charge in [-0.05, 0) is 26.8 Å². The molecule has 144 valence electrons. The van der Waals surface area contributed by atoms with Crippen molar-refractivity contribution in [2.75, 3.05) is 0 Å². The first kappa shape index (κ1) is 18.7. The number of primary sulfonamides is 1. The SMILES string of the molecule is Cc1nc2nc(C)c3nc(C)n(Cc4ncc(S(N)(=O)=O)cn4)c3c2cc1Cl. The van der Waals surface area contributed by atoms with Gasteiger partial charge in [0.2, 0.25) is 10.0 Å². The van der Waals surface area contributed by atoms with Crippen LogP contribution in [0.25, 0.3) is 22.1 Å². The maximum Gasteiger partial charge on any atom is 0.241 e. The molecule has 0 saturated heterocycles. The van der Waals surface area contributed by atoms with Crippen LogP contribution in [-0.4, -0.2) is 37.9 Å². The number of fused-ring (bicyclic) bond motifs is 3. The summed E-state index contributed by atoms with van der Waals surface area (Å²) < 4.78 is 24.7. The van der Waals surface area contributed by atoms with E-state index in [-0.39, 0.29) is 11.4 Å². The molecule has 4 aromatic rings. The molecule has 0 fully saturated rings. The zero-order chi connectivity index (χ0) is 20.2. The summed E-state index contributed by atoms with van der Waals surface area (Å²) in [6.45, 7) is 5.86. The van der Waals surface area contributed by atoms with Gasteiger partial charge in [0.1, 0.15) is 22.1 Å². The summed E-state index contributed by atoms with van der Waals surface area (Å²) >= 11 is 6.29. The minimum absolute atomic E-state index is 0.139. The van der Waals surface area contributed by atoms with Gasteiger partial charge >= 0.3 is 0 Å². The van der Waals surface area contributed by atoms with Crippen molar-refractivity contribution >= 4 is 43.7 Å². The van der Waals surface area contributed by atoms with E-state index in [1.54, 1.807) is 0 Å². The Bertz CT molecular complexity index is 1350. The van der Waals surface area contributed by atoms with E-state index >= 15 is 0 Å². The first-order chi connectivity index (χ1) is 13.1. The van der Waals surface area contributed by atoms with E-state index in [2.05, 4.69) is 24.9 Å². The molecule has 0 atom stereocenters. The number of hydrogen-bond acceptors (Lipinski definition) is 7. The Morgan fingerprint density at radius 1 is 1.07 bits per heavy atom. The molecule has 0 aliphatic rings. The van der Waals surface area contributed by atoms with Crippen LogP contribution in [0.3, 0.4) is 0 Å². The molecular formula is C17H16ClN7O2S. The van der Waals surface area contributed by atoms with Gasteiger partial charge in [0, 0.05) is 5.39 Å². The molecule has 0 aromatic carbocycles. The number of aryl methyl sites for hydroxylation is 3. The first-order valence-electron chi connectivity index (χ1n) is 8.29. The van der Waals surface area contributed by atoms with E-state index in [1.807, 2.05) is 31.4 Å². The minimum Gasteiger partial charge on any atom is -0.320 e. The zero-order valence-electron chi connectivity index (χ0n) is 15.3. The minimum atomic E-state index is -3.84. The lowest BCUT2D eigenvalue weighted by atomic mass is 10.2. The standard InChI is InChI=1S/C17H16ClN7O2S/c1-8-13(18)4-12-16-15(9(2)23-17(12)22-8)24-10(3)25(16)7-14-20-5-11(6-21-14)28(19,26)27/h4-6H,7H2,1-3H3,(H2,19,26,27). The van der Waals surface area contributed by atoms with Crippen LogP contribution in [0.4, 0.5) is 0 Å². The predicted molar refractivity (Wildman–Crippen MR) is 105 cm³/mol. The normalized spacial score (nSPS) is 12.2. The smallest absolute Gasteiger partial charge is 0.241 e. The average Bonchev–Trinajstić information content (AvgIpc) is 2.94. The molecule has 0 amide bonds. The van der Waals surface area contributed by atoms with Gasteiger partial charge < -0.3 is 4.57 Å². The van der Waals surface area contributed by atoms with Crippen LogP contribution in [0.15, 0.2) is 23.4 Å². The molecule has 9 nitrogen and oxygen atoms in total. The molecule has 0 radical (unpaired) electrons. The van der Waals surface area contributed by atoms with E-state index in [1.165, 1.54) is 12.4 Å². The van der Waals surface area contributed by atoms with Crippen LogP contribution in [0, 0.1) is 20.8 Å². The predicted octanol–water partition coefficient (Wildman–Crippen LogP) is 2.04. The largest absolute Gasteiger partial charge is 0.320 e. The lowest BCUT2D eigenvalue weighted by molar-refractivity contribution is 0.596. The number of hydrogen-bond donors (Lipinski definition) is 1. The van der Waals surface area contributed by atoms with Crippen LogP contribution >= 0.6 is 11.6 Å². The average molecular weight is 418 g/mol. The zero-order valence-corrected chi connectivity index (χ0v) is 16.9. The van der Waals surface area contributed by atoms with Gasteiger partial charge in [0.15, 0.2) is 5.65 Å². The Morgan fingerprint density at radius 3 is 2.36 bits per heavy atom. The fraction of sp³-hybridized carbons (Fsp3) is 0.235. The van der Waals surface area contributed by atoms with E-state index in [0.717, 1.165) is 27.9 Å². The van der Waals surface area contributed by atoms with Crippen molar-refractivity contribution in [2.45, 2.75) is 32.2 Å². The summed E-state index contributed by atoms with van der Waals surface area (Å²) in [4.78, 5) is 21.8. The van der Waals surface area contributed by atoms with Crippen LogP contribution in [0.1, 0.15) is 23.0 Å². The van der Waals surface area contributed by atoms with Crippen LogP contribution in [0.2, 0.25) is 5.02 Å². The van der Waals surface area contributed by atoms with Crippen molar-refractivity contribution in [3.8, 4) is 0 Å². The van der Waals surface area contributed by atoms with Crippen molar-refractivity contribution in [3.05, 3.63) is 46.5 Å². The van der Waals surface area contributed by atoms with Gasteiger partial charge in [-0.15, -0.1) is 0 Å². The second kappa shape index (κ2) is 6.43. The Kier molecular flexibility index (Phi) is 4.29. The Balaban J connectivity index is 1.91. The number of nitrogens with zero attached hydrogens (tertiary/aromatic N) is 6. The molecule has 4 rings (SSSR count). The van der Waals surface area contributed by atoms with Gasteiger partial charge in [-0.3, -0.25) is 0 Å². The third kappa shape index (κ3) is 3.09. The first-order valence-corrected chi connectivity index (χ1v) is 10.2. The molecular weight excluding hydrogens is 402 g/mol. The molecule has 0 bridgehead atoms. The van der Waals surface area contributed by atoms with Crippen molar-refractivity contribution in [3.63, 3.8) is 0 Å². The molecule has 28 heavy (non-hydrogen) atoms. The number of sulfonamides is 1. The van der Waals surface area contributed by atoms with Gasteiger partial charge in [0.05, 0.1) is 40.9 Å². The van der Waals surface area contributed by atoms with Gasteiger partial charge in [-0.1, -0.05) is 11.6 Å². The molecule has 11 heteroatoms. The number of rotatable bonds is 3. The van der Waals surface area contributed by atoms with Gasteiger partial charge in [0.25, 0.3) is 0 Å². The highest BCUT2D eigenvalue weighted by Gasteiger charge is 2.18. The number of nitrogens with two attached hydrogens (primary N) is 1. The van der Waals surface area contributed by atoms with E-state index < -0.39 is 10.0 Å². The summed E-state index contributed by atoms with van der Waals surface area (Å²) in [5.41, 5.74) is 3.61. The Hall–Kier alpha value is -2.69. The molecule has 0 unspecified atom stereocenters. The summed E-state index contributed by atoms with van der Waals surface area (Å²) in [5.74, 6) is 1.16. The van der Waals surface area contributed by atoms with Crippen molar-refractivity contribution in [2.24, 2.45) is 5.14 Å². The summed E-state index contributed by atoms with van der Waals surface area (Å²) in [5, 5.41) is 6.41. The molecule has 0 saturated carbocycles. The fourth-order valence-electron chi connectivity index (χ4n) is 3.04. The number of pyridine rings is 2. The third-order valence-corrected chi connectivity index (χ3v) is 5.72. The van der Waals surface area contributed by atoms with Crippen molar-refractivity contribution in [1.82, 2.24) is 29.5 Å². The maximum absolute atomic E-state index is 11.4. The monoisotopic (exact) mass is 417 g/mol. The van der Waals surface area contributed by atoms with E-state index in [9.17, 15) is 8.42 Å². The Labute approximate surface area is 165 Å². The second-order valence-corrected chi connectivity index (χ2v) is 8.41. The summed E-state index contributed by atoms with van der Waals surface area (Å²) in [6.07, 6.45) is 2.39. The molecule has 0 aliphatic carbocycles. The highest BCUT2D eigenvalue weighted by atomic mass is 35.5. The van der Waals surface area contributed by atoms with Crippen LogP contribution in [-0.2, 0) is 16.6 Å². The highest BCUT2D eigenvalue weighted by Crippen LogP contribution is 2.29. The lowest BCUT2D eigenvalue weighted by Gasteiger charge is -2.09. The molecule has 2 N–H and O–H groups in total. The number of halogens is 1. The van der Waals surface area contributed by atoms with Crippen molar-refractivity contribution < 1.29 is 8.42 Å². The molecule has 4 heterocycles. The lowest BCUT2D eigenvalue weighted by Crippen LogP contribution is -2.14. The number of imidazole rings is 1. The van der Waals surface area contributed by atoms with Crippen molar-refractivity contribution in [1.29, 1.82) is 0 Å². The highest BCUT2D eigenvalue weighted by molar-refractivity contribution is 7.89. The second-order valence-electron chi connectivity index (χ2n) is 6.45. The van der Waals surface area contributed by atoms with Crippen LogP contribution < -0.4 is 5.14 Å².